The first kappa shape index (κ1) is 13.9. The number of hydrogen-bond donors (Lipinski definition) is 1. The van der Waals surface area contributed by atoms with Crippen molar-refractivity contribution in [3.63, 3.8) is 0 Å². The Morgan fingerprint density at radius 3 is 2.53 bits per heavy atom. The standard InChI is InChI=1S/C11H17FN2O2S/c1-14(3-4-17(2,15)16)11-6-9(8-13)5-10(12)7-11/h5-7H,3-4,8,13H2,1-2H3. The fourth-order valence-electron chi connectivity index (χ4n) is 1.40. The van der Waals surface area contributed by atoms with E-state index in [1.807, 2.05) is 0 Å². The summed E-state index contributed by atoms with van der Waals surface area (Å²) in [5, 5.41) is 0. The molecule has 0 unspecified atom stereocenters. The van der Waals surface area contributed by atoms with E-state index in [0.29, 0.717) is 17.8 Å². The Morgan fingerprint density at radius 1 is 1.35 bits per heavy atom. The van der Waals surface area contributed by atoms with Gasteiger partial charge >= 0.3 is 0 Å². The molecule has 0 aromatic heterocycles. The Labute approximate surface area is 101 Å². The van der Waals surface area contributed by atoms with Crippen LogP contribution in [-0.4, -0.2) is 34.0 Å². The summed E-state index contributed by atoms with van der Waals surface area (Å²) in [7, 11) is -1.29. The molecule has 0 amide bonds. The normalized spacial score (nSPS) is 11.5. The predicted molar refractivity (Wildman–Crippen MR) is 67.3 cm³/mol. The number of hydrogen-bond acceptors (Lipinski definition) is 4. The summed E-state index contributed by atoms with van der Waals surface area (Å²) in [6, 6.07) is 4.49. The lowest BCUT2D eigenvalue weighted by Gasteiger charge is -2.19. The Kier molecular flexibility index (Phi) is 4.47. The van der Waals surface area contributed by atoms with Crippen molar-refractivity contribution in [1.29, 1.82) is 0 Å². The van der Waals surface area contributed by atoms with Gasteiger partial charge in [-0.2, -0.15) is 0 Å². The maximum Gasteiger partial charge on any atom is 0.149 e. The molecular formula is C11H17FN2O2S. The van der Waals surface area contributed by atoms with Crippen molar-refractivity contribution >= 4 is 15.5 Å². The van der Waals surface area contributed by atoms with Gasteiger partial charge in [0.15, 0.2) is 0 Å². The molecule has 1 aromatic carbocycles. The molecule has 0 saturated carbocycles. The number of sulfone groups is 1. The number of rotatable bonds is 5. The van der Waals surface area contributed by atoms with E-state index in [-0.39, 0.29) is 18.1 Å². The summed E-state index contributed by atoms with van der Waals surface area (Å²) in [5.74, 6) is -0.327. The minimum absolute atomic E-state index is 0.0397. The molecule has 0 fully saturated rings. The van der Waals surface area contributed by atoms with Gasteiger partial charge in [0.1, 0.15) is 15.7 Å². The van der Waals surface area contributed by atoms with Gasteiger partial charge in [-0.05, 0) is 23.8 Å². The molecule has 1 aromatic rings. The van der Waals surface area contributed by atoms with Gasteiger partial charge < -0.3 is 10.6 Å². The Morgan fingerprint density at radius 2 is 2.00 bits per heavy atom. The molecule has 4 nitrogen and oxygen atoms in total. The average Bonchev–Trinajstić information content (AvgIpc) is 2.23. The molecule has 0 spiro atoms. The molecule has 0 aliphatic heterocycles. The fraction of sp³-hybridized carbons (Fsp3) is 0.455. The van der Waals surface area contributed by atoms with Crippen molar-refractivity contribution in [2.75, 3.05) is 30.5 Å². The number of nitrogens with two attached hydrogens (primary N) is 1. The highest BCUT2D eigenvalue weighted by molar-refractivity contribution is 7.90. The highest BCUT2D eigenvalue weighted by Gasteiger charge is 2.08. The van der Waals surface area contributed by atoms with Crippen molar-refractivity contribution in [3.8, 4) is 0 Å². The number of halogens is 1. The minimum Gasteiger partial charge on any atom is -0.373 e. The number of benzene rings is 1. The zero-order chi connectivity index (χ0) is 13.1. The van der Waals surface area contributed by atoms with Crippen LogP contribution in [0.1, 0.15) is 5.56 Å². The molecule has 1 rings (SSSR count). The molecule has 0 aliphatic rings. The molecule has 17 heavy (non-hydrogen) atoms. The Balaban J connectivity index is 2.81. The molecule has 96 valence electrons. The maximum atomic E-state index is 13.2. The van der Waals surface area contributed by atoms with Gasteiger partial charge in [-0.1, -0.05) is 0 Å². The molecule has 0 radical (unpaired) electrons. The van der Waals surface area contributed by atoms with Crippen molar-refractivity contribution in [3.05, 3.63) is 29.6 Å². The van der Waals surface area contributed by atoms with E-state index >= 15 is 0 Å². The molecule has 0 atom stereocenters. The van der Waals surface area contributed by atoms with E-state index in [9.17, 15) is 12.8 Å². The molecule has 6 heteroatoms. The molecule has 0 aliphatic carbocycles. The third kappa shape index (κ3) is 4.70. The van der Waals surface area contributed by atoms with Gasteiger partial charge in [0.05, 0.1) is 5.75 Å². The highest BCUT2D eigenvalue weighted by atomic mass is 32.2. The van der Waals surface area contributed by atoms with Crippen LogP contribution in [0.3, 0.4) is 0 Å². The first-order valence-electron chi connectivity index (χ1n) is 5.20. The van der Waals surface area contributed by atoms with Crippen molar-refractivity contribution in [2.45, 2.75) is 6.54 Å². The summed E-state index contributed by atoms with van der Waals surface area (Å²) < 4.78 is 35.3. The van der Waals surface area contributed by atoms with E-state index in [0.717, 1.165) is 0 Å². The third-order valence-corrected chi connectivity index (χ3v) is 3.34. The van der Waals surface area contributed by atoms with Gasteiger partial charge in [0.2, 0.25) is 0 Å². The summed E-state index contributed by atoms with van der Waals surface area (Å²) >= 11 is 0. The molecule has 2 N–H and O–H groups in total. The van der Waals surface area contributed by atoms with Crippen molar-refractivity contribution in [2.24, 2.45) is 5.73 Å². The number of nitrogens with zero attached hydrogens (tertiary/aromatic N) is 1. The average molecular weight is 260 g/mol. The Bertz CT molecular complexity index is 488. The fourth-order valence-corrected chi connectivity index (χ4v) is 2.01. The van der Waals surface area contributed by atoms with E-state index in [2.05, 4.69) is 0 Å². The molecular weight excluding hydrogens is 243 g/mol. The van der Waals surface area contributed by atoms with Gasteiger partial charge in [0.25, 0.3) is 0 Å². The summed E-state index contributed by atoms with van der Waals surface area (Å²) in [5.41, 5.74) is 6.77. The van der Waals surface area contributed by atoms with Gasteiger partial charge in [-0.3, -0.25) is 0 Å². The second-order valence-corrected chi connectivity index (χ2v) is 6.33. The zero-order valence-corrected chi connectivity index (χ0v) is 10.8. The third-order valence-electron chi connectivity index (χ3n) is 2.42. The quantitative estimate of drug-likeness (QED) is 0.849. The van der Waals surface area contributed by atoms with Crippen LogP contribution < -0.4 is 10.6 Å². The van der Waals surface area contributed by atoms with Crippen LogP contribution in [0.5, 0.6) is 0 Å². The van der Waals surface area contributed by atoms with Crippen molar-refractivity contribution in [1.82, 2.24) is 0 Å². The van der Waals surface area contributed by atoms with Crippen LogP contribution in [-0.2, 0) is 16.4 Å². The lowest BCUT2D eigenvalue weighted by atomic mass is 10.2. The topological polar surface area (TPSA) is 63.4 Å². The maximum absolute atomic E-state index is 13.2. The van der Waals surface area contributed by atoms with Crippen LogP contribution in [0.4, 0.5) is 10.1 Å². The van der Waals surface area contributed by atoms with E-state index < -0.39 is 9.84 Å². The van der Waals surface area contributed by atoms with Crippen molar-refractivity contribution < 1.29 is 12.8 Å². The molecule has 0 saturated heterocycles. The van der Waals surface area contributed by atoms with E-state index in [1.54, 1.807) is 18.0 Å². The molecule has 0 bridgehead atoms. The van der Waals surface area contributed by atoms with Crippen LogP contribution in [0.15, 0.2) is 18.2 Å². The lowest BCUT2D eigenvalue weighted by molar-refractivity contribution is 0.601. The largest absolute Gasteiger partial charge is 0.373 e. The zero-order valence-electron chi connectivity index (χ0n) is 9.98. The molecule has 0 heterocycles. The highest BCUT2D eigenvalue weighted by Crippen LogP contribution is 2.17. The first-order valence-corrected chi connectivity index (χ1v) is 7.26. The van der Waals surface area contributed by atoms with Gasteiger partial charge in [-0.25, -0.2) is 12.8 Å². The van der Waals surface area contributed by atoms with Crippen LogP contribution in [0.25, 0.3) is 0 Å². The second kappa shape index (κ2) is 5.46. The van der Waals surface area contributed by atoms with E-state index in [4.69, 9.17) is 5.73 Å². The Hall–Kier alpha value is -1.14. The summed E-state index contributed by atoms with van der Waals surface area (Å²) in [6.45, 7) is 0.580. The summed E-state index contributed by atoms with van der Waals surface area (Å²) in [6.07, 6.45) is 1.18. The SMILES string of the molecule is CN(CCS(C)(=O)=O)c1cc(F)cc(CN)c1. The van der Waals surface area contributed by atoms with Crippen LogP contribution in [0.2, 0.25) is 0 Å². The lowest BCUT2D eigenvalue weighted by Crippen LogP contribution is -2.25. The van der Waals surface area contributed by atoms with Crippen LogP contribution >= 0.6 is 0 Å². The minimum atomic E-state index is -3.01. The summed E-state index contributed by atoms with van der Waals surface area (Å²) in [4.78, 5) is 1.70. The van der Waals surface area contributed by atoms with Gasteiger partial charge in [0, 0.05) is 32.1 Å². The van der Waals surface area contributed by atoms with Gasteiger partial charge in [-0.15, -0.1) is 0 Å². The smallest absolute Gasteiger partial charge is 0.149 e. The monoisotopic (exact) mass is 260 g/mol. The van der Waals surface area contributed by atoms with Crippen LogP contribution in [0, 0.1) is 5.82 Å². The number of anilines is 1. The van der Waals surface area contributed by atoms with E-state index in [1.165, 1.54) is 18.4 Å². The predicted octanol–water partition coefficient (Wildman–Crippen LogP) is 0.765. The first-order chi connectivity index (χ1) is 7.81. The second-order valence-electron chi connectivity index (χ2n) is 4.07.